The molecule has 21 heavy (non-hydrogen) atoms. The molecule has 3 rings (SSSR count). The zero-order valence-corrected chi connectivity index (χ0v) is 13.4. The molecule has 0 unspecified atom stereocenters. The highest BCUT2D eigenvalue weighted by Gasteiger charge is 2.47. The number of hydrogen-bond acceptors (Lipinski definition) is 3. The van der Waals surface area contributed by atoms with Crippen molar-refractivity contribution in [1.29, 1.82) is 0 Å². The SMILES string of the molecule is C[C@@H]1CN(C(=O)CCN2CCCC2)CC[C@@]1(O)C1CCC1. The summed E-state index contributed by atoms with van der Waals surface area (Å²) < 4.78 is 0. The summed E-state index contributed by atoms with van der Waals surface area (Å²) in [6, 6.07) is 0. The maximum atomic E-state index is 12.4. The molecule has 3 fully saturated rings. The number of hydrogen-bond donors (Lipinski definition) is 1. The molecule has 0 aromatic heterocycles. The second-order valence-electron chi connectivity index (χ2n) is 7.41. The molecule has 2 aliphatic heterocycles. The van der Waals surface area contributed by atoms with Gasteiger partial charge in [0.15, 0.2) is 0 Å². The third-order valence-electron chi connectivity index (χ3n) is 6.14. The first-order valence-electron chi connectivity index (χ1n) is 8.82. The molecule has 3 aliphatic rings. The summed E-state index contributed by atoms with van der Waals surface area (Å²) in [5, 5.41) is 10.9. The maximum Gasteiger partial charge on any atom is 0.223 e. The molecule has 4 nitrogen and oxygen atoms in total. The molecule has 0 aromatic carbocycles. The lowest BCUT2D eigenvalue weighted by Crippen LogP contribution is -2.57. The molecule has 1 aliphatic carbocycles. The minimum absolute atomic E-state index is 0.215. The number of rotatable bonds is 4. The van der Waals surface area contributed by atoms with Crippen LogP contribution in [0.2, 0.25) is 0 Å². The molecular formula is C17H30N2O2. The number of likely N-dealkylation sites (tertiary alicyclic amines) is 2. The van der Waals surface area contributed by atoms with E-state index in [1.54, 1.807) is 0 Å². The number of carbonyl (C=O) groups is 1. The van der Waals surface area contributed by atoms with E-state index >= 15 is 0 Å². The standard InChI is InChI=1S/C17H30N2O2/c1-14-13-19(12-8-17(14,21)15-5-4-6-15)16(20)7-11-18-9-2-3-10-18/h14-15,21H,2-13H2,1H3/t14-,17+/m1/s1. The molecule has 1 N–H and O–H groups in total. The van der Waals surface area contributed by atoms with Crippen LogP contribution in [0.1, 0.15) is 51.9 Å². The van der Waals surface area contributed by atoms with Gasteiger partial charge in [-0.2, -0.15) is 0 Å². The fourth-order valence-corrected chi connectivity index (χ4v) is 4.30. The van der Waals surface area contributed by atoms with Crippen LogP contribution in [0.25, 0.3) is 0 Å². The molecule has 1 amide bonds. The normalized spacial score (nSPS) is 35.0. The Morgan fingerprint density at radius 1 is 1.19 bits per heavy atom. The van der Waals surface area contributed by atoms with Crippen molar-refractivity contribution >= 4 is 5.91 Å². The van der Waals surface area contributed by atoms with Gasteiger partial charge < -0.3 is 14.9 Å². The van der Waals surface area contributed by atoms with Crippen molar-refractivity contribution in [1.82, 2.24) is 9.80 Å². The molecule has 2 saturated heterocycles. The minimum atomic E-state index is -0.510. The molecule has 2 atom stereocenters. The van der Waals surface area contributed by atoms with Crippen LogP contribution in [0.4, 0.5) is 0 Å². The first-order valence-corrected chi connectivity index (χ1v) is 8.82. The van der Waals surface area contributed by atoms with Gasteiger partial charge in [0.2, 0.25) is 5.91 Å². The molecule has 0 spiro atoms. The summed E-state index contributed by atoms with van der Waals surface area (Å²) in [5.74, 6) is 0.978. The average Bonchev–Trinajstić information content (AvgIpc) is 2.90. The quantitative estimate of drug-likeness (QED) is 0.861. The second kappa shape index (κ2) is 6.25. The van der Waals surface area contributed by atoms with Crippen molar-refractivity contribution in [2.24, 2.45) is 11.8 Å². The fourth-order valence-electron chi connectivity index (χ4n) is 4.30. The van der Waals surface area contributed by atoms with Crippen LogP contribution in [0.15, 0.2) is 0 Å². The van der Waals surface area contributed by atoms with E-state index in [2.05, 4.69) is 11.8 Å². The predicted octanol–water partition coefficient (Wildman–Crippen LogP) is 1.87. The van der Waals surface area contributed by atoms with Crippen molar-refractivity contribution in [2.75, 3.05) is 32.7 Å². The van der Waals surface area contributed by atoms with E-state index in [0.29, 0.717) is 12.3 Å². The van der Waals surface area contributed by atoms with Crippen LogP contribution >= 0.6 is 0 Å². The Balaban J connectivity index is 1.47. The summed E-state index contributed by atoms with van der Waals surface area (Å²) in [7, 11) is 0. The van der Waals surface area contributed by atoms with Crippen LogP contribution in [0.3, 0.4) is 0 Å². The van der Waals surface area contributed by atoms with Gasteiger partial charge in [-0.25, -0.2) is 0 Å². The summed E-state index contributed by atoms with van der Waals surface area (Å²) in [6.07, 6.45) is 7.58. The van der Waals surface area contributed by atoms with Crippen molar-refractivity contribution in [3.8, 4) is 0 Å². The van der Waals surface area contributed by atoms with Gasteiger partial charge >= 0.3 is 0 Å². The number of nitrogens with zero attached hydrogens (tertiary/aromatic N) is 2. The van der Waals surface area contributed by atoms with E-state index in [-0.39, 0.29) is 11.8 Å². The number of piperidine rings is 1. The Morgan fingerprint density at radius 3 is 2.48 bits per heavy atom. The summed E-state index contributed by atoms with van der Waals surface area (Å²) in [4.78, 5) is 16.8. The zero-order chi connectivity index (χ0) is 14.9. The van der Waals surface area contributed by atoms with E-state index in [1.807, 2.05) is 4.90 Å². The Kier molecular flexibility index (Phi) is 4.55. The monoisotopic (exact) mass is 294 g/mol. The smallest absolute Gasteiger partial charge is 0.223 e. The van der Waals surface area contributed by atoms with Crippen LogP contribution in [-0.2, 0) is 4.79 Å². The Hall–Kier alpha value is -0.610. The predicted molar refractivity (Wildman–Crippen MR) is 82.9 cm³/mol. The topological polar surface area (TPSA) is 43.8 Å². The number of aliphatic hydroxyl groups is 1. The van der Waals surface area contributed by atoms with Crippen molar-refractivity contribution in [2.45, 2.75) is 57.5 Å². The first-order chi connectivity index (χ1) is 10.1. The van der Waals surface area contributed by atoms with Crippen molar-refractivity contribution in [3.05, 3.63) is 0 Å². The Morgan fingerprint density at radius 2 is 1.90 bits per heavy atom. The molecule has 0 bridgehead atoms. The van der Waals surface area contributed by atoms with E-state index in [4.69, 9.17) is 0 Å². The van der Waals surface area contributed by atoms with Gasteiger partial charge in [-0.15, -0.1) is 0 Å². The summed E-state index contributed by atoms with van der Waals surface area (Å²) >= 11 is 0. The van der Waals surface area contributed by atoms with Gasteiger partial charge in [-0.1, -0.05) is 13.3 Å². The lowest BCUT2D eigenvalue weighted by atomic mass is 9.65. The highest BCUT2D eigenvalue weighted by Crippen LogP contribution is 2.44. The molecule has 2 heterocycles. The third-order valence-corrected chi connectivity index (χ3v) is 6.14. The minimum Gasteiger partial charge on any atom is -0.389 e. The van der Waals surface area contributed by atoms with Crippen LogP contribution < -0.4 is 0 Å². The van der Waals surface area contributed by atoms with Crippen LogP contribution in [0, 0.1) is 11.8 Å². The van der Waals surface area contributed by atoms with Gasteiger partial charge in [0.1, 0.15) is 0 Å². The largest absolute Gasteiger partial charge is 0.389 e. The molecule has 120 valence electrons. The number of amides is 1. The first kappa shape index (κ1) is 15.3. The Bertz CT molecular complexity index is 377. The van der Waals surface area contributed by atoms with E-state index < -0.39 is 5.60 Å². The molecule has 1 saturated carbocycles. The second-order valence-corrected chi connectivity index (χ2v) is 7.41. The zero-order valence-electron chi connectivity index (χ0n) is 13.4. The highest BCUT2D eigenvalue weighted by molar-refractivity contribution is 5.76. The highest BCUT2D eigenvalue weighted by atomic mass is 16.3. The molecular weight excluding hydrogens is 264 g/mol. The van der Waals surface area contributed by atoms with Crippen molar-refractivity contribution in [3.63, 3.8) is 0 Å². The van der Waals surface area contributed by atoms with Gasteiger partial charge in [0, 0.05) is 32.0 Å². The maximum absolute atomic E-state index is 12.4. The lowest BCUT2D eigenvalue weighted by Gasteiger charge is -2.50. The van der Waals surface area contributed by atoms with Crippen LogP contribution in [0.5, 0.6) is 0 Å². The lowest BCUT2D eigenvalue weighted by molar-refractivity contribution is -0.150. The van der Waals surface area contributed by atoms with E-state index in [0.717, 1.165) is 39.1 Å². The van der Waals surface area contributed by atoms with Gasteiger partial charge in [0.05, 0.1) is 5.60 Å². The molecule has 4 heteroatoms. The third kappa shape index (κ3) is 3.11. The molecule has 0 aromatic rings. The van der Waals surface area contributed by atoms with Gasteiger partial charge in [-0.3, -0.25) is 4.79 Å². The van der Waals surface area contributed by atoms with E-state index in [9.17, 15) is 9.90 Å². The summed E-state index contributed by atoms with van der Waals surface area (Å²) in [5.41, 5.74) is -0.510. The van der Waals surface area contributed by atoms with Crippen molar-refractivity contribution < 1.29 is 9.90 Å². The van der Waals surface area contributed by atoms with Gasteiger partial charge in [0.25, 0.3) is 0 Å². The fraction of sp³-hybridized carbons (Fsp3) is 0.941. The van der Waals surface area contributed by atoms with Crippen LogP contribution in [-0.4, -0.2) is 59.1 Å². The van der Waals surface area contributed by atoms with Gasteiger partial charge in [-0.05, 0) is 51.1 Å². The average molecular weight is 294 g/mol. The van der Waals surface area contributed by atoms with E-state index in [1.165, 1.54) is 32.1 Å². The summed E-state index contributed by atoms with van der Waals surface area (Å²) in [6.45, 7) is 6.84. The Labute approximate surface area is 128 Å². The number of carbonyl (C=O) groups excluding carboxylic acids is 1. The molecule has 0 radical (unpaired) electrons.